The van der Waals surface area contributed by atoms with Gasteiger partial charge in [0.05, 0.1) is 23.0 Å². The van der Waals surface area contributed by atoms with Crippen molar-refractivity contribution in [2.45, 2.75) is 44.1 Å². The van der Waals surface area contributed by atoms with Crippen molar-refractivity contribution in [3.05, 3.63) is 47.2 Å². The van der Waals surface area contributed by atoms with Gasteiger partial charge in [0.1, 0.15) is 11.6 Å². The summed E-state index contributed by atoms with van der Waals surface area (Å²) in [7, 11) is 0. The third kappa shape index (κ3) is 2.34. The summed E-state index contributed by atoms with van der Waals surface area (Å²) < 4.78 is 28.7. The molecule has 8 heteroatoms. The molecule has 1 unspecified atom stereocenters. The highest BCUT2D eigenvalue weighted by Gasteiger charge is 2.67. The number of piperazine rings is 1. The lowest BCUT2D eigenvalue weighted by Gasteiger charge is -2.49. The largest absolute Gasteiger partial charge is 0.465 e. The fourth-order valence-corrected chi connectivity index (χ4v) is 6.34. The van der Waals surface area contributed by atoms with E-state index in [4.69, 9.17) is 0 Å². The molecule has 30 heavy (non-hydrogen) atoms. The second kappa shape index (κ2) is 6.44. The van der Waals surface area contributed by atoms with E-state index >= 15 is 0 Å². The number of aromatic nitrogens is 2. The molecule has 2 heterocycles. The third-order valence-corrected chi connectivity index (χ3v) is 7.75. The van der Waals surface area contributed by atoms with Crippen LogP contribution in [0, 0.1) is 17.0 Å². The summed E-state index contributed by atoms with van der Waals surface area (Å²) in [6, 6.07) is 5.24. The molecule has 0 spiro atoms. The van der Waals surface area contributed by atoms with Crippen LogP contribution in [0.4, 0.5) is 13.6 Å². The van der Waals surface area contributed by atoms with Gasteiger partial charge >= 0.3 is 6.09 Å². The molecule has 2 aromatic rings. The zero-order chi connectivity index (χ0) is 21.3. The van der Waals surface area contributed by atoms with Gasteiger partial charge in [-0.2, -0.15) is 10.2 Å². The Morgan fingerprint density at radius 1 is 1.27 bits per heavy atom. The summed E-state index contributed by atoms with van der Waals surface area (Å²) in [6.45, 7) is 5.90. The van der Waals surface area contributed by atoms with E-state index in [1.165, 1.54) is 23.1 Å². The molecule has 1 saturated carbocycles. The Hall–Kier alpha value is -2.61. The Morgan fingerprint density at radius 3 is 2.70 bits per heavy atom. The highest BCUT2D eigenvalue weighted by atomic mass is 19.1. The maximum Gasteiger partial charge on any atom is 0.407 e. The molecule has 2 aliphatic carbocycles. The number of halogens is 2. The maximum atomic E-state index is 14.3. The minimum absolute atomic E-state index is 0.133. The van der Waals surface area contributed by atoms with E-state index in [-0.39, 0.29) is 28.6 Å². The second-order valence-electron chi connectivity index (χ2n) is 9.11. The fourth-order valence-electron chi connectivity index (χ4n) is 6.34. The van der Waals surface area contributed by atoms with Crippen molar-refractivity contribution < 1.29 is 18.7 Å². The van der Waals surface area contributed by atoms with Crippen LogP contribution in [0.2, 0.25) is 0 Å². The Bertz CT molecular complexity index is 1020. The number of benzene rings is 1. The standard InChI is InChI=1S/C22H24F2N4O2/c1-21(2)13-6-7-22(21,17-11-25-8-9-28(17)20(29)30)19-12(13)10-16(26-27-19)18-14(23)4-3-5-15(18)24/h3-5,10,13,17,25H,6-9,11H2,1-2H3,(H,29,30)/t13-,17?,22-/m0/s1. The summed E-state index contributed by atoms with van der Waals surface area (Å²) in [5.41, 5.74) is 0.985. The predicted molar refractivity (Wildman–Crippen MR) is 106 cm³/mol. The highest BCUT2D eigenvalue weighted by molar-refractivity contribution is 5.67. The molecule has 1 aromatic carbocycles. The lowest BCUT2D eigenvalue weighted by molar-refractivity contribution is 0.0397. The van der Waals surface area contributed by atoms with E-state index < -0.39 is 23.1 Å². The molecule has 3 aliphatic rings. The second-order valence-corrected chi connectivity index (χ2v) is 9.11. The molecule has 1 aromatic heterocycles. The molecule has 2 fully saturated rings. The van der Waals surface area contributed by atoms with Crippen LogP contribution < -0.4 is 5.32 Å². The molecule has 6 nitrogen and oxygen atoms in total. The summed E-state index contributed by atoms with van der Waals surface area (Å²) in [6.07, 6.45) is 0.770. The smallest absolute Gasteiger partial charge is 0.407 e. The number of fused-ring (bicyclic) bond motifs is 5. The number of nitrogens with one attached hydrogen (secondary N) is 1. The molecule has 2 N–H and O–H groups in total. The van der Waals surface area contributed by atoms with Crippen molar-refractivity contribution in [2.24, 2.45) is 5.41 Å². The van der Waals surface area contributed by atoms with Crippen LogP contribution in [0.25, 0.3) is 11.3 Å². The average Bonchev–Trinajstić information content (AvgIpc) is 3.09. The van der Waals surface area contributed by atoms with Gasteiger partial charge in [0.2, 0.25) is 0 Å². The zero-order valence-corrected chi connectivity index (χ0v) is 17.0. The number of carboxylic acid groups (broad SMARTS) is 1. The molecule has 5 rings (SSSR count). The van der Waals surface area contributed by atoms with Crippen molar-refractivity contribution in [2.75, 3.05) is 19.6 Å². The number of nitrogens with zero attached hydrogens (tertiary/aromatic N) is 3. The molecule has 2 bridgehead atoms. The van der Waals surface area contributed by atoms with Gasteiger partial charge in [-0.1, -0.05) is 19.9 Å². The summed E-state index contributed by atoms with van der Waals surface area (Å²) in [5.74, 6) is -1.21. The number of carbonyl (C=O) groups is 1. The first-order valence-electron chi connectivity index (χ1n) is 10.3. The van der Waals surface area contributed by atoms with Crippen molar-refractivity contribution >= 4 is 6.09 Å². The van der Waals surface area contributed by atoms with Crippen molar-refractivity contribution in [3.8, 4) is 11.3 Å². The van der Waals surface area contributed by atoms with E-state index in [2.05, 4.69) is 29.4 Å². The van der Waals surface area contributed by atoms with Gasteiger partial charge in [0.25, 0.3) is 0 Å². The zero-order valence-electron chi connectivity index (χ0n) is 17.0. The molecular formula is C22H24F2N4O2. The van der Waals surface area contributed by atoms with Gasteiger partial charge < -0.3 is 15.3 Å². The topological polar surface area (TPSA) is 78.4 Å². The van der Waals surface area contributed by atoms with Crippen LogP contribution in [0.15, 0.2) is 24.3 Å². The average molecular weight is 414 g/mol. The molecule has 158 valence electrons. The molecule has 1 saturated heterocycles. The van der Waals surface area contributed by atoms with E-state index in [9.17, 15) is 18.7 Å². The summed E-state index contributed by atoms with van der Waals surface area (Å²) >= 11 is 0. The van der Waals surface area contributed by atoms with Crippen LogP contribution in [-0.2, 0) is 5.41 Å². The van der Waals surface area contributed by atoms with E-state index in [0.717, 1.165) is 24.1 Å². The van der Waals surface area contributed by atoms with E-state index in [1.807, 2.05) is 0 Å². The van der Waals surface area contributed by atoms with Gasteiger partial charge in [-0.3, -0.25) is 0 Å². The van der Waals surface area contributed by atoms with E-state index in [0.29, 0.717) is 19.6 Å². The predicted octanol–water partition coefficient (Wildman–Crippen LogP) is 3.53. The summed E-state index contributed by atoms with van der Waals surface area (Å²) in [4.78, 5) is 13.5. The molecule has 1 aliphatic heterocycles. The van der Waals surface area contributed by atoms with Crippen molar-refractivity contribution in [1.82, 2.24) is 20.4 Å². The first kappa shape index (κ1) is 19.4. The van der Waals surface area contributed by atoms with Crippen LogP contribution in [-0.4, -0.2) is 52.0 Å². The number of amides is 1. The monoisotopic (exact) mass is 414 g/mol. The number of rotatable bonds is 2. The van der Waals surface area contributed by atoms with Crippen LogP contribution in [0.5, 0.6) is 0 Å². The highest BCUT2D eigenvalue weighted by Crippen LogP contribution is 2.69. The van der Waals surface area contributed by atoms with Crippen LogP contribution in [0.1, 0.15) is 43.9 Å². The summed E-state index contributed by atoms with van der Waals surface area (Å²) in [5, 5.41) is 21.9. The fraction of sp³-hybridized carbons (Fsp3) is 0.500. The lowest BCUT2D eigenvalue weighted by Crippen LogP contribution is -2.64. The Balaban J connectivity index is 1.67. The number of hydrogen-bond donors (Lipinski definition) is 2. The Kier molecular flexibility index (Phi) is 4.16. The molecule has 3 atom stereocenters. The third-order valence-electron chi connectivity index (χ3n) is 7.75. The van der Waals surface area contributed by atoms with Crippen LogP contribution >= 0.6 is 0 Å². The van der Waals surface area contributed by atoms with E-state index in [1.54, 1.807) is 6.07 Å². The van der Waals surface area contributed by atoms with Gasteiger partial charge in [-0.05, 0) is 47.9 Å². The Labute approximate surface area is 173 Å². The minimum atomic E-state index is -0.929. The van der Waals surface area contributed by atoms with Crippen LogP contribution in [0.3, 0.4) is 0 Å². The lowest BCUT2D eigenvalue weighted by atomic mass is 9.63. The molecule has 1 amide bonds. The SMILES string of the molecule is CC1(C)[C@H]2CC[C@]1(C1CNCCN1C(=O)O)c1nnc(-c3c(F)cccc3F)cc12. The van der Waals surface area contributed by atoms with Crippen molar-refractivity contribution in [3.63, 3.8) is 0 Å². The van der Waals surface area contributed by atoms with Crippen molar-refractivity contribution in [1.29, 1.82) is 0 Å². The quantitative estimate of drug-likeness (QED) is 0.786. The van der Waals surface area contributed by atoms with Gasteiger partial charge in [-0.25, -0.2) is 13.6 Å². The maximum absolute atomic E-state index is 14.3. The first-order valence-corrected chi connectivity index (χ1v) is 10.3. The normalized spacial score (nSPS) is 29.1. The molecule has 0 radical (unpaired) electrons. The minimum Gasteiger partial charge on any atom is -0.465 e. The van der Waals surface area contributed by atoms with Gasteiger partial charge in [0, 0.05) is 25.0 Å². The first-order chi connectivity index (χ1) is 14.3. The molecular weight excluding hydrogens is 390 g/mol. The number of hydrogen-bond acceptors (Lipinski definition) is 4. The Morgan fingerprint density at radius 2 is 2.00 bits per heavy atom. The van der Waals surface area contributed by atoms with Gasteiger partial charge in [-0.15, -0.1) is 0 Å². The van der Waals surface area contributed by atoms with Gasteiger partial charge in [0.15, 0.2) is 0 Å².